The van der Waals surface area contributed by atoms with Crippen molar-refractivity contribution in [3.8, 4) is 0 Å². The Morgan fingerprint density at radius 2 is 1.69 bits per heavy atom. The topological polar surface area (TPSA) is 84.0 Å². The Morgan fingerprint density at radius 3 is 2.19 bits per heavy atom. The summed E-state index contributed by atoms with van der Waals surface area (Å²) in [6.07, 6.45) is 0.872. The fourth-order valence-corrected chi connectivity index (χ4v) is 2.92. The smallest absolute Gasteiger partial charge is 0.307 e. The van der Waals surface area contributed by atoms with Crippen LogP contribution in [0, 0.1) is 0 Å². The maximum atomic E-state index is 12.6. The molecule has 1 aliphatic heterocycles. The van der Waals surface area contributed by atoms with Gasteiger partial charge in [0.2, 0.25) is 5.91 Å². The third-order valence-electron chi connectivity index (χ3n) is 4.66. The minimum Gasteiger partial charge on any atom is -0.469 e. The van der Waals surface area contributed by atoms with Gasteiger partial charge >= 0.3 is 5.97 Å². The van der Waals surface area contributed by atoms with Crippen LogP contribution in [0.3, 0.4) is 0 Å². The van der Waals surface area contributed by atoms with Crippen LogP contribution in [0.2, 0.25) is 0 Å². The number of esters is 1. The van der Waals surface area contributed by atoms with E-state index in [0.29, 0.717) is 11.1 Å². The van der Waals surface area contributed by atoms with E-state index < -0.39 is 0 Å². The number of rotatable bonds is 8. The number of amides is 3. The minimum absolute atomic E-state index is 0.0241. The molecule has 0 radical (unpaired) electrons. The molecule has 0 spiro atoms. The van der Waals surface area contributed by atoms with Crippen molar-refractivity contribution in [2.75, 3.05) is 20.2 Å². The van der Waals surface area contributed by atoms with Crippen LogP contribution < -0.4 is 0 Å². The first kappa shape index (κ1) is 19.6. The number of hydrogen-bond acceptors (Lipinski definition) is 5. The molecular formula is C19H24N2O5. The van der Waals surface area contributed by atoms with Crippen molar-refractivity contribution in [2.45, 2.75) is 39.2 Å². The number of imide groups is 1. The summed E-state index contributed by atoms with van der Waals surface area (Å²) in [5, 5.41) is 0. The normalized spacial score (nSPS) is 14.2. The van der Waals surface area contributed by atoms with Gasteiger partial charge in [-0.2, -0.15) is 0 Å². The van der Waals surface area contributed by atoms with Gasteiger partial charge in [0.15, 0.2) is 0 Å². The predicted octanol–water partition coefficient (Wildman–Crippen LogP) is 1.86. The van der Waals surface area contributed by atoms with Gasteiger partial charge in [-0.25, -0.2) is 0 Å². The van der Waals surface area contributed by atoms with E-state index in [9.17, 15) is 19.2 Å². The van der Waals surface area contributed by atoms with Crippen LogP contribution in [0.15, 0.2) is 24.3 Å². The maximum absolute atomic E-state index is 12.6. The van der Waals surface area contributed by atoms with Gasteiger partial charge in [0.05, 0.1) is 24.7 Å². The van der Waals surface area contributed by atoms with E-state index >= 15 is 0 Å². The molecule has 1 unspecified atom stereocenters. The summed E-state index contributed by atoms with van der Waals surface area (Å²) < 4.78 is 4.62. The van der Waals surface area contributed by atoms with Crippen LogP contribution in [0.5, 0.6) is 0 Å². The van der Waals surface area contributed by atoms with Gasteiger partial charge < -0.3 is 9.64 Å². The average Bonchev–Trinajstić information content (AvgIpc) is 2.90. The van der Waals surface area contributed by atoms with Crippen molar-refractivity contribution >= 4 is 23.7 Å². The van der Waals surface area contributed by atoms with Crippen LogP contribution >= 0.6 is 0 Å². The summed E-state index contributed by atoms with van der Waals surface area (Å²) >= 11 is 0. The monoisotopic (exact) mass is 360 g/mol. The van der Waals surface area contributed by atoms with Gasteiger partial charge in [0, 0.05) is 25.6 Å². The molecule has 140 valence electrons. The van der Waals surface area contributed by atoms with E-state index in [-0.39, 0.29) is 55.7 Å². The highest BCUT2D eigenvalue weighted by molar-refractivity contribution is 6.21. The van der Waals surface area contributed by atoms with Gasteiger partial charge in [0.25, 0.3) is 11.8 Å². The van der Waals surface area contributed by atoms with Crippen LogP contribution in [-0.2, 0) is 14.3 Å². The summed E-state index contributed by atoms with van der Waals surface area (Å²) in [4.78, 5) is 51.4. The number of benzene rings is 1. The molecule has 26 heavy (non-hydrogen) atoms. The lowest BCUT2D eigenvalue weighted by molar-refractivity contribution is -0.142. The second kappa shape index (κ2) is 8.60. The standard InChI is InChI=1S/C19H24N2O5/c1-4-13(2)20(12-10-17(23)26-3)16(22)9-11-21-18(24)14-7-5-6-8-15(14)19(21)25/h5-8,13H,4,9-12H2,1-3H3. The molecule has 1 atom stereocenters. The molecular weight excluding hydrogens is 336 g/mol. The summed E-state index contributed by atoms with van der Waals surface area (Å²) in [6.45, 7) is 4.13. The van der Waals surface area contributed by atoms with E-state index in [1.165, 1.54) is 7.11 Å². The first-order chi connectivity index (χ1) is 12.4. The Kier molecular flexibility index (Phi) is 6.49. The van der Waals surface area contributed by atoms with Crippen LogP contribution in [0.25, 0.3) is 0 Å². The molecule has 1 aliphatic rings. The molecule has 7 nitrogen and oxygen atoms in total. The summed E-state index contributed by atoms with van der Waals surface area (Å²) in [7, 11) is 1.31. The average molecular weight is 360 g/mol. The Morgan fingerprint density at radius 1 is 1.12 bits per heavy atom. The lowest BCUT2D eigenvalue weighted by atomic mass is 10.1. The third-order valence-corrected chi connectivity index (χ3v) is 4.66. The Labute approximate surface area is 152 Å². The van der Waals surface area contributed by atoms with Crippen LogP contribution in [0.1, 0.15) is 53.8 Å². The largest absolute Gasteiger partial charge is 0.469 e. The second-order valence-electron chi connectivity index (χ2n) is 6.23. The zero-order valence-corrected chi connectivity index (χ0v) is 15.4. The van der Waals surface area contributed by atoms with Gasteiger partial charge in [-0.05, 0) is 25.5 Å². The highest BCUT2D eigenvalue weighted by Gasteiger charge is 2.35. The van der Waals surface area contributed by atoms with Crippen molar-refractivity contribution in [1.82, 2.24) is 9.80 Å². The van der Waals surface area contributed by atoms with Crippen molar-refractivity contribution < 1.29 is 23.9 Å². The Bertz CT molecular complexity index is 681. The highest BCUT2D eigenvalue weighted by atomic mass is 16.5. The number of ether oxygens (including phenoxy) is 1. The molecule has 0 aliphatic carbocycles. The third kappa shape index (κ3) is 4.09. The SMILES string of the molecule is CCC(C)N(CCC(=O)OC)C(=O)CCN1C(=O)c2ccccc2C1=O. The molecule has 0 aromatic heterocycles. The molecule has 3 amide bonds. The van der Waals surface area contributed by atoms with E-state index in [0.717, 1.165) is 11.3 Å². The fraction of sp³-hybridized carbons (Fsp3) is 0.474. The van der Waals surface area contributed by atoms with Crippen LogP contribution in [-0.4, -0.2) is 59.7 Å². The number of hydrogen-bond donors (Lipinski definition) is 0. The predicted molar refractivity (Wildman–Crippen MR) is 94.5 cm³/mol. The van der Waals surface area contributed by atoms with E-state index in [1.54, 1.807) is 29.2 Å². The summed E-state index contributed by atoms with van der Waals surface area (Å²) in [5.41, 5.74) is 0.740. The number of fused-ring (bicyclic) bond motifs is 1. The van der Waals surface area contributed by atoms with E-state index in [1.807, 2.05) is 13.8 Å². The number of nitrogens with zero attached hydrogens (tertiary/aromatic N) is 2. The number of carbonyl (C=O) groups is 4. The van der Waals surface area contributed by atoms with Gasteiger partial charge in [-0.3, -0.25) is 24.1 Å². The summed E-state index contributed by atoms with van der Waals surface area (Å²) in [5.74, 6) is -1.32. The Balaban J connectivity index is 2.00. The molecule has 7 heteroatoms. The minimum atomic E-state index is -0.383. The van der Waals surface area contributed by atoms with E-state index in [4.69, 9.17) is 0 Å². The molecule has 1 aromatic carbocycles. The Hall–Kier alpha value is -2.70. The van der Waals surface area contributed by atoms with Gasteiger partial charge in [-0.15, -0.1) is 0 Å². The van der Waals surface area contributed by atoms with Crippen molar-refractivity contribution in [3.63, 3.8) is 0 Å². The lowest BCUT2D eigenvalue weighted by Crippen LogP contribution is -2.42. The molecule has 0 saturated heterocycles. The lowest BCUT2D eigenvalue weighted by Gasteiger charge is -2.29. The molecule has 0 saturated carbocycles. The van der Waals surface area contributed by atoms with E-state index in [2.05, 4.69) is 4.74 Å². The van der Waals surface area contributed by atoms with Gasteiger partial charge in [0.1, 0.15) is 0 Å². The molecule has 2 rings (SSSR count). The molecule has 1 heterocycles. The highest BCUT2D eigenvalue weighted by Crippen LogP contribution is 2.22. The van der Waals surface area contributed by atoms with Crippen molar-refractivity contribution in [1.29, 1.82) is 0 Å². The first-order valence-corrected chi connectivity index (χ1v) is 8.72. The number of carbonyl (C=O) groups excluding carboxylic acids is 4. The first-order valence-electron chi connectivity index (χ1n) is 8.72. The fourth-order valence-electron chi connectivity index (χ4n) is 2.92. The quantitative estimate of drug-likeness (QED) is 0.522. The maximum Gasteiger partial charge on any atom is 0.307 e. The zero-order valence-electron chi connectivity index (χ0n) is 15.4. The van der Waals surface area contributed by atoms with Crippen molar-refractivity contribution in [3.05, 3.63) is 35.4 Å². The second-order valence-corrected chi connectivity index (χ2v) is 6.23. The summed E-state index contributed by atoms with van der Waals surface area (Å²) in [6, 6.07) is 6.58. The van der Waals surface area contributed by atoms with Crippen LogP contribution in [0.4, 0.5) is 0 Å². The van der Waals surface area contributed by atoms with Gasteiger partial charge in [-0.1, -0.05) is 19.1 Å². The molecule has 0 N–H and O–H groups in total. The molecule has 0 fully saturated rings. The zero-order chi connectivity index (χ0) is 19.3. The number of methoxy groups -OCH3 is 1. The van der Waals surface area contributed by atoms with Crippen molar-refractivity contribution in [2.24, 2.45) is 0 Å². The molecule has 1 aromatic rings. The molecule has 0 bridgehead atoms.